The van der Waals surface area contributed by atoms with Crippen molar-refractivity contribution in [2.75, 3.05) is 26.3 Å². The third kappa shape index (κ3) is 29.2. The monoisotopic (exact) mass is 553 g/mol. The van der Waals surface area contributed by atoms with Crippen molar-refractivity contribution < 1.29 is 4.48 Å². The summed E-state index contributed by atoms with van der Waals surface area (Å²) in [5.74, 6) is 0. The Kier molecular flexibility index (Phi) is 31.8. The molecule has 0 amide bonds. The fraction of sp³-hybridized carbons (Fsp3) is 1.00. The van der Waals surface area contributed by atoms with Crippen molar-refractivity contribution in [3.05, 3.63) is 0 Å². The second-order valence-electron chi connectivity index (χ2n) is 13.3. The minimum absolute atomic E-state index is 1.36. The van der Waals surface area contributed by atoms with Gasteiger partial charge < -0.3 is 4.48 Å². The molecule has 0 aliphatic heterocycles. The summed E-state index contributed by atoms with van der Waals surface area (Å²) in [6, 6.07) is 0. The molecule has 0 N–H and O–H groups in total. The van der Waals surface area contributed by atoms with Crippen LogP contribution in [0, 0.1) is 0 Å². The molecule has 0 spiro atoms. The molecule has 0 aliphatic carbocycles. The number of nitrogens with zero attached hydrogens (tertiary/aromatic N) is 1. The number of unbranched alkanes of at least 4 members (excludes halogenated alkanes) is 28. The van der Waals surface area contributed by atoms with Gasteiger partial charge in [-0.15, -0.1) is 0 Å². The van der Waals surface area contributed by atoms with Crippen molar-refractivity contribution in [2.24, 2.45) is 0 Å². The summed E-state index contributed by atoms with van der Waals surface area (Å²) in [6.45, 7) is 7.51. The molecule has 0 bridgehead atoms. The second-order valence-corrected chi connectivity index (χ2v) is 13.9. The van der Waals surface area contributed by atoms with E-state index in [0.29, 0.717) is 0 Å². The smallest absolute Gasteiger partial charge is 0.0781 e. The molecule has 38 heavy (non-hydrogen) atoms. The van der Waals surface area contributed by atoms with Crippen LogP contribution in [0.1, 0.15) is 206 Å². The van der Waals surface area contributed by atoms with Gasteiger partial charge in [-0.1, -0.05) is 181 Å². The van der Waals surface area contributed by atoms with Crippen LogP contribution in [0.15, 0.2) is 0 Å². The van der Waals surface area contributed by atoms with Crippen molar-refractivity contribution in [3.8, 4) is 0 Å². The molecule has 0 unspecified atom stereocenters. The molecular formula is C36H78NSi+. The molecule has 0 saturated heterocycles. The zero-order valence-electron chi connectivity index (χ0n) is 27.8. The summed E-state index contributed by atoms with van der Waals surface area (Å²) in [5, 5.41) is 0. The van der Waals surface area contributed by atoms with Gasteiger partial charge in [0.1, 0.15) is 0 Å². The van der Waals surface area contributed by atoms with Crippen molar-refractivity contribution in [1.82, 2.24) is 0 Å². The van der Waals surface area contributed by atoms with Crippen LogP contribution in [0.4, 0.5) is 0 Å². The molecule has 0 rings (SSSR count). The zero-order chi connectivity index (χ0) is 27.8. The third-order valence-electron chi connectivity index (χ3n) is 9.37. The maximum Gasteiger partial charge on any atom is 0.0781 e. The molecule has 1 nitrogen and oxygen atoms in total. The molecule has 0 aliphatic rings. The van der Waals surface area contributed by atoms with Gasteiger partial charge in [0.2, 0.25) is 0 Å². The lowest BCUT2D eigenvalue weighted by molar-refractivity contribution is -0.899. The minimum Gasteiger partial charge on any atom is -0.330 e. The number of quaternary nitrogens is 1. The van der Waals surface area contributed by atoms with Crippen LogP contribution in [0.25, 0.3) is 0 Å². The van der Waals surface area contributed by atoms with E-state index in [-0.39, 0.29) is 0 Å². The minimum atomic E-state index is 1.36. The lowest BCUT2D eigenvalue weighted by Crippen LogP contribution is -2.46. The van der Waals surface area contributed by atoms with E-state index in [1.54, 1.807) is 0 Å². The Labute approximate surface area is 247 Å². The Hall–Kier alpha value is 0.177. The fourth-order valence-electron chi connectivity index (χ4n) is 6.16. The highest BCUT2D eigenvalue weighted by Gasteiger charge is 2.17. The molecule has 0 aromatic carbocycles. The predicted octanol–water partition coefficient (Wildman–Crippen LogP) is 11.5. The Balaban J connectivity index is 3.39. The van der Waals surface area contributed by atoms with Gasteiger partial charge >= 0.3 is 0 Å². The Morgan fingerprint density at radius 2 is 0.500 bits per heavy atom. The number of hydrogen-bond donors (Lipinski definition) is 0. The van der Waals surface area contributed by atoms with Gasteiger partial charge in [0.15, 0.2) is 0 Å². The average molecular weight is 553 g/mol. The maximum atomic E-state index is 2.56. The Bertz CT molecular complexity index is 390. The predicted molar refractivity (Wildman–Crippen MR) is 181 cm³/mol. The molecule has 0 saturated carbocycles. The van der Waals surface area contributed by atoms with E-state index in [1.807, 2.05) is 0 Å². The summed E-state index contributed by atoms with van der Waals surface area (Å²) in [4.78, 5) is 0. The number of rotatable bonds is 33. The van der Waals surface area contributed by atoms with Crippen molar-refractivity contribution >= 4 is 10.2 Å². The number of hydrogen-bond acceptors (Lipinski definition) is 0. The van der Waals surface area contributed by atoms with Gasteiger partial charge in [-0.05, 0) is 25.7 Å². The van der Waals surface area contributed by atoms with Crippen molar-refractivity contribution in [2.45, 2.75) is 206 Å². The highest BCUT2D eigenvalue weighted by molar-refractivity contribution is 6.08. The first kappa shape index (κ1) is 38.2. The van der Waals surface area contributed by atoms with Gasteiger partial charge in [-0.2, -0.15) is 0 Å². The van der Waals surface area contributed by atoms with E-state index in [4.69, 9.17) is 0 Å². The molecule has 2 heteroatoms. The van der Waals surface area contributed by atoms with Crippen LogP contribution in [0.2, 0.25) is 0 Å². The Morgan fingerprint density at radius 1 is 0.316 bits per heavy atom. The lowest BCUT2D eigenvalue weighted by atomic mass is 10.0. The van der Waals surface area contributed by atoms with Crippen molar-refractivity contribution in [3.63, 3.8) is 0 Å². The van der Waals surface area contributed by atoms with Crippen molar-refractivity contribution in [1.29, 1.82) is 0 Å². The van der Waals surface area contributed by atoms with E-state index < -0.39 is 0 Å². The molecule has 0 fully saturated rings. The summed E-state index contributed by atoms with van der Waals surface area (Å²) in [6.07, 6.45) is 45.6. The summed E-state index contributed by atoms with van der Waals surface area (Å²) in [5.41, 5.74) is 0. The highest BCUT2D eigenvalue weighted by Crippen LogP contribution is 2.16. The molecule has 230 valence electrons. The highest BCUT2D eigenvalue weighted by atomic mass is 28.1. The van der Waals surface area contributed by atoms with Gasteiger partial charge in [-0.25, -0.2) is 0 Å². The SMILES string of the molecule is CCCCCCCCCCCCCCCCC[N+](C)(C[SiH3])CCCCCCCCCCCCCCCCC. The van der Waals surface area contributed by atoms with E-state index in [0.717, 1.165) is 0 Å². The van der Waals surface area contributed by atoms with Gasteiger partial charge in [0.25, 0.3) is 0 Å². The van der Waals surface area contributed by atoms with Gasteiger partial charge in [0, 0.05) is 0 Å². The van der Waals surface area contributed by atoms with Crippen LogP contribution in [0.3, 0.4) is 0 Å². The topological polar surface area (TPSA) is 0 Å². The molecule has 0 heterocycles. The Morgan fingerprint density at radius 3 is 0.684 bits per heavy atom. The summed E-state index contributed by atoms with van der Waals surface area (Å²) >= 11 is 0. The first-order valence-electron chi connectivity index (χ1n) is 18.5. The van der Waals surface area contributed by atoms with E-state index in [9.17, 15) is 0 Å². The molecule has 0 aromatic heterocycles. The van der Waals surface area contributed by atoms with Gasteiger partial charge in [-0.3, -0.25) is 0 Å². The van der Waals surface area contributed by atoms with Crippen LogP contribution in [-0.4, -0.2) is 41.0 Å². The van der Waals surface area contributed by atoms with Crippen LogP contribution in [-0.2, 0) is 0 Å². The van der Waals surface area contributed by atoms with Gasteiger partial charge in [0.05, 0.1) is 36.5 Å². The first-order chi connectivity index (χ1) is 18.7. The molecule has 0 atom stereocenters. The summed E-state index contributed by atoms with van der Waals surface area (Å²) < 4.78 is 1.38. The average Bonchev–Trinajstić information content (AvgIpc) is 2.93. The zero-order valence-corrected chi connectivity index (χ0v) is 29.8. The van der Waals surface area contributed by atoms with E-state index in [2.05, 4.69) is 20.9 Å². The molecule has 0 radical (unpaired) electrons. The second kappa shape index (κ2) is 31.7. The normalized spacial score (nSPS) is 12.1. The lowest BCUT2D eigenvalue weighted by Gasteiger charge is -2.34. The fourth-order valence-corrected chi connectivity index (χ4v) is 6.79. The van der Waals surface area contributed by atoms with Crippen LogP contribution in [0.5, 0.6) is 0 Å². The molecule has 0 aromatic rings. The van der Waals surface area contributed by atoms with Crippen LogP contribution >= 0.6 is 0 Å². The first-order valence-corrected chi connectivity index (χ1v) is 19.9. The quantitative estimate of drug-likeness (QED) is 0.0431. The van der Waals surface area contributed by atoms with E-state index in [1.165, 1.54) is 227 Å². The molecular weight excluding hydrogens is 474 g/mol. The summed E-state index contributed by atoms with van der Waals surface area (Å²) in [7, 11) is 3.92. The van der Waals surface area contributed by atoms with Crippen LogP contribution < -0.4 is 0 Å². The largest absolute Gasteiger partial charge is 0.330 e. The third-order valence-corrected chi connectivity index (χ3v) is 10.9. The van der Waals surface area contributed by atoms with E-state index >= 15 is 0 Å². The maximum absolute atomic E-state index is 2.56. The standard InChI is InChI=1S/C36H78NSi/c1-4-6-8-10-12-14-16-18-20-22-24-26-28-30-32-34-37(3,36-38)35-33-31-29-27-25-23-21-19-17-15-13-11-9-7-5-2/h4-36H2,1-3,38H3/q+1.